The van der Waals surface area contributed by atoms with Gasteiger partial charge >= 0.3 is 6.18 Å². The Hall–Kier alpha value is -3.10. The molecule has 0 radical (unpaired) electrons. The summed E-state index contributed by atoms with van der Waals surface area (Å²) in [5, 5.41) is 0. The van der Waals surface area contributed by atoms with Crippen LogP contribution < -0.4 is 4.90 Å². The first-order valence-corrected chi connectivity index (χ1v) is 10.3. The van der Waals surface area contributed by atoms with E-state index in [1.54, 1.807) is 7.11 Å². The van der Waals surface area contributed by atoms with Crippen LogP contribution in [0.1, 0.15) is 48.5 Å². The summed E-state index contributed by atoms with van der Waals surface area (Å²) in [6, 6.07) is 5.09. The highest BCUT2D eigenvalue weighted by molar-refractivity contribution is 5.72. The van der Waals surface area contributed by atoms with E-state index in [4.69, 9.17) is 9.72 Å². The molecule has 1 N–H and O–H groups in total. The van der Waals surface area contributed by atoms with Crippen LogP contribution in [0.15, 0.2) is 36.9 Å². The number of aromatic nitrogens is 4. The van der Waals surface area contributed by atoms with E-state index in [1.165, 1.54) is 0 Å². The summed E-state index contributed by atoms with van der Waals surface area (Å²) in [6.07, 6.45) is 0.840. The minimum absolute atomic E-state index is 0.287. The Morgan fingerprint density at radius 1 is 1.23 bits per heavy atom. The highest BCUT2D eigenvalue weighted by atomic mass is 19.4. The Morgan fingerprint density at radius 3 is 2.71 bits per heavy atom. The maximum Gasteiger partial charge on any atom is 0.417 e. The number of hydrogen-bond acceptors (Lipinski definition) is 5. The molecule has 31 heavy (non-hydrogen) atoms. The lowest BCUT2D eigenvalue weighted by atomic mass is 9.65. The van der Waals surface area contributed by atoms with E-state index in [0.29, 0.717) is 11.7 Å². The van der Waals surface area contributed by atoms with Gasteiger partial charge in [-0.05, 0) is 50.5 Å². The number of fused-ring (bicyclic) bond motifs is 2. The third-order valence-corrected chi connectivity index (χ3v) is 6.39. The van der Waals surface area contributed by atoms with Crippen LogP contribution in [-0.4, -0.2) is 33.6 Å². The van der Waals surface area contributed by atoms with Gasteiger partial charge in [0.2, 0.25) is 0 Å². The smallest absolute Gasteiger partial charge is 0.417 e. The van der Waals surface area contributed by atoms with Gasteiger partial charge in [-0.3, -0.25) is 4.98 Å². The number of hydrogen-bond donors (Lipinski definition) is 1. The molecule has 4 heterocycles. The van der Waals surface area contributed by atoms with Gasteiger partial charge in [-0.1, -0.05) is 6.42 Å². The van der Waals surface area contributed by atoms with Crippen molar-refractivity contribution in [1.29, 1.82) is 0 Å². The number of H-pyrrole nitrogens is 1. The van der Waals surface area contributed by atoms with Crippen molar-refractivity contribution in [2.75, 3.05) is 18.6 Å². The summed E-state index contributed by atoms with van der Waals surface area (Å²) >= 11 is 0. The number of halogens is 3. The molecule has 2 aliphatic rings. The number of nitrogens with zero attached hydrogens (tertiary/aromatic N) is 4. The van der Waals surface area contributed by atoms with Gasteiger partial charge in [0.25, 0.3) is 0 Å². The number of nitrogens with one attached hydrogen (secondary N) is 1. The van der Waals surface area contributed by atoms with Crippen molar-refractivity contribution in [3.8, 4) is 0 Å². The van der Waals surface area contributed by atoms with E-state index in [2.05, 4.69) is 21.5 Å². The molecule has 0 spiro atoms. The molecule has 1 aliphatic carbocycles. The monoisotopic (exact) mass is 429 g/mol. The van der Waals surface area contributed by atoms with Gasteiger partial charge in [0.15, 0.2) is 11.5 Å². The van der Waals surface area contributed by atoms with E-state index in [0.717, 1.165) is 68.0 Å². The second-order valence-electron chi connectivity index (χ2n) is 8.13. The zero-order valence-corrected chi connectivity index (χ0v) is 17.1. The molecule has 1 fully saturated rings. The summed E-state index contributed by atoms with van der Waals surface area (Å²) in [7, 11) is 1.60. The molecule has 5 rings (SSSR count). The summed E-state index contributed by atoms with van der Waals surface area (Å²) in [4.78, 5) is 18.6. The Kier molecular flexibility index (Phi) is 4.46. The van der Waals surface area contributed by atoms with Crippen LogP contribution >= 0.6 is 0 Å². The second-order valence-corrected chi connectivity index (χ2v) is 8.13. The molecule has 0 amide bonds. The van der Waals surface area contributed by atoms with Gasteiger partial charge in [0.05, 0.1) is 40.7 Å². The Balaban J connectivity index is 1.55. The molecule has 6 nitrogen and oxygen atoms in total. The quantitative estimate of drug-likeness (QED) is 0.609. The van der Waals surface area contributed by atoms with Crippen molar-refractivity contribution < 1.29 is 17.9 Å². The molecule has 0 atom stereocenters. The number of anilines is 1. The normalized spacial score (nSPS) is 17.9. The Labute approximate surface area is 177 Å². The van der Waals surface area contributed by atoms with Crippen molar-refractivity contribution in [1.82, 2.24) is 19.9 Å². The molecule has 0 unspecified atom stereocenters. The second kappa shape index (κ2) is 6.96. The van der Waals surface area contributed by atoms with Gasteiger partial charge in [-0.2, -0.15) is 13.2 Å². The number of alkyl halides is 3. The first-order valence-electron chi connectivity index (χ1n) is 10.3. The first kappa shape index (κ1) is 19.8. The molecule has 1 saturated carbocycles. The first-order chi connectivity index (χ1) is 14.8. The third kappa shape index (κ3) is 3.14. The number of rotatable bonds is 4. The lowest BCUT2D eigenvalue weighted by Crippen LogP contribution is -2.38. The average molecular weight is 429 g/mol. The van der Waals surface area contributed by atoms with Crippen LogP contribution in [0.25, 0.3) is 11.2 Å². The van der Waals surface area contributed by atoms with Crippen molar-refractivity contribution >= 4 is 16.9 Å². The van der Waals surface area contributed by atoms with Crippen LogP contribution in [0.5, 0.6) is 0 Å². The lowest BCUT2D eigenvalue weighted by Gasteiger charge is -2.40. The van der Waals surface area contributed by atoms with Gasteiger partial charge < -0.3 is 14.6 Å². The number of methoxy groups -OCH3 is 1. The molecule has 0 aromatic carbocycles. The molecular weight excluding hydrogens is 407 g/mol. The topological polar surface area (TPSA) is 66.9 Å². The average Bonchev–Trinajstić information content (AvgIpc) is 3.14. The van der Waals surface area contributed by atoms with E-state index >= 15 is 0 Å². The van der Waals surface area contributed by atoms with E-state index < -0.39 is 17.2 Å². The fourth-order valence-electron chi connectivity index (χ4n) is 4.51. The van der Waals surface area contributed by atoms with Gasteiger partial charge in [0.1, 0.15) is 5.82 Å². The lowest BCUT2D eigenvalue weighted by molar-refractivity contribution is -0.137. The Morgan fingerprint density at radius 2 is 2.03 bits per heavy atom. The molecule has 0 bridgehead atoms. The van der Waals surface area contributed by atoms with Crippen molar-refractivity contribution in [2.24, 2.45) is 0 Å². The van der Waals surface area contributed by atoms with E-state index in [-0.39, 0.29) is 11.2 Å². The predicted octanol–water partition coefficient (Wildman–Crippen LogP) is 4.71. The number of pyridine rings is 2. The maximum atomic E-state index is 13.1. The maximum absolute atomic E-state index is 13.1. The zero-order chi connectivity index (χ0) is 21.8. The molecule has 3 aromatic rings. The number of aryl methyl sites for hydroxylation is 1. The molecule has 3 aromatic heterocycles. The zero-order valence-electron chi connectivity index (χ0n) is 17.1. The van der Waals surface area contributed by atoms with Gasteiger partial charge in [-0.15, -0.1) is 0 Å². The minimum Gasteiger partial charge on any atom is -0.483 e. The van der Waals surface area contributed by atoms with Crippen molar-refractivity contribution in [3.05, 3.63) is 59.6 Å². The summed E-state index contributed by atoms with van der Waals surface area (Å²) in [5.74, 6) is 1.21. The van der Waals surface area contributed by atoms with Crippen LogP contribution in [0, 0.1) is 0 Å². The van der Waals surface area contributed by atoms with Gasteiger partial charge in [0, 0.05) is 12.7 Å². The van der Waals surface area contributed by atoms with Crippen LogP contribution in [0.2, 0.25) is 0 Å². The molecule has 1 aliphatic heterocycles. The highest BCUT2D eigenvalue weighted by Crippen LogP contribution is 2.48. The van der Waals surface area contributed by atoms with E-state index in [9.17, 15) is 13.2 Å². The highest BCUT2D eigenvalue weighted by Gasteiger charge is 2.45. The summed E-state index contributed by atoms with van der Waals surface area (Å²) in [5.41, 5.74) is 2.20. The van der Waals surface area contributed by atoms with Crippen LogP contribution in [-0.2, 0) is 22.7 Å². The summed E-state index contributed by atoms with van der Waals surface area (Å²) < 4.78 is 44.5. The number of imidazole rings is 1. The van der Waals surface area contributed by atoms with Crippen LogP contribution in [0.3, 0.4) is 0 Å². The Bertz CT molecular complexity index is 1170. The van der Waals surface area contributed by atoms with E-state index in [1.807, 2.05) is 17.0 Å². The van der Waals surface area contributed by atoms with Crippen molar-refractivity contribution in [3.63, 3.8) is 0 Å². The summed E-state index contributed by atoms with van der Waals surface area (Å²) in [6.45, 7) is 4.79. The van der Waals surface area contributed by atoms with Gasteiger partial charge in [-0.25, -0.2) is 9.97 Å². The largest absolute Gasteiger partial charge is 0.483 e. The molecule has 0 saturated heterocycles. The SMILES string of the molecule is C=C(OC)N1CCCc2nc(C3(c4nc5ncc(C(F)(F)F)cc5[nH]4)CCC3)ccc21. The predicted molar refractivity (Wildman–Crippen MR) is 110 cm³/mol. The van der Waals surface area contributed by atoms with Crippen LogP contribution in [0.4, 0.5) is 18.9 Å². The minimum atomic E-state index is -4.45. The van der Waals surface area contributed by atoms with Crippen molar-refractivity contribution in [2.45, 2.75) is 43.7 Å². The third-order valence-electron chi connectivity index (χ3n) is 6.39. The molecule has 162 valence electrons. The molecular formula is C22H22F3N5O. The molecule has 9 heteroatoms. The fraction of sp³-hybridized carbons (Fsp3) is 0.409. The fourth-order valence-corrected chi connectivity index (χ4v) is 4.51. The standard InChI is InChI=1S/C22H22F3N5O/c1-13(31-2)30-10-3-5-15-17(30)6-7-18(27-15)21(8-4-9-21)20-28-16-11-14(22(23,24)25)12-26-19(16)29-20/h6-7,11-12H,1,3-5,8-10H2,2H3,(H,26,28,29). The number of ether oxygens (including phenoxy) is 1. The number of aromatic amines is 1.